The van der Waals surface area contributed by atoms with Gasteiger partial charge in [0.1, 0.15) is 5.82 Å². The number of allylic oxidation sites excluding steroid dienone is 1. The summed E-state index contributed by atoms with van der Waals surface area (Å²) in [5, 5.41) is 0. The normalized spacial score (nSPS) is 18.7. The second-order valence-corrected chi connectivity index (χ2v) is 4.44. The van der Waals surface area contributed by atoms with Crippen LogP contribution in [0.1, 0.15) is 31.1 Å². The maximum atomic E-state index is 5.70. The number of nitrogens with zero attached hydrogens (tertiary/aromatic N) is 1. The predicted octanol–water partition coefficient (Wildman–Crippen LogP) is 2.74. The first kappa shape index (κ1) is 8.82. The fourth-order valence-corrected chi connectivity index (χ4v) is 1.74. The van der Waals surface area contributed by atoms with Crippen molar-refractivity contribution in [3.8, 4) is 0 Å². The molecule has 1 aliphatic rings. The highest BCUT2D eigenvalue weighted by atomic mass is 35.5. The number of aromatic amines is 1. The Bertz CT molecular complexity index is 350. The van der Waals surface area contributed by atoms with Gasteiger partial charge >= 0.3 is 0 Å². The fourth-order valence-electron chi connectivity index (χ4n) is 1.61. The quantitative estimate of drug-likeness (QED) is 0.688. The smallest absolute Gasteiger partial charge is 0.121 e. The predicted molar refractivity (Wildman–Crippen MR) is 54.7 cm³/mol. The van der Waals surface area contributed by atoms with E-state index < -0.39 is 0 Å². The average molecular weight is 197 g/mol. The van der Waals surface area contributed by atoms with Gasteiger partial charge in [0.05, 0.1) is 17.3 Å². The van der Waals surface area contributed by atoms with Gasteiger partial charge in [0.2, 0.25) is 0 Å². The molecular formula is C10H13ClN2. The third-order valence-corrected chi connectivity index (χ3v) is 2.56. The maximum absolute atomic E-state index is 5.70. The van der Waals surface area contributed by atoms with E-state index in [1.165, 1.54) is 0 Å². The number of H-pyrrole nitrogens is 1. The number of aromatic nitrogens is 2. The average Bonchev–Trinajstić information content (AvgIpc) is 2.44. The Labute approximate surface area is 83.0 Å². The van der Waals surface area contributed by atoms with E-state index >= 15 is 0 Å². The van der Waals surface area contributed by atoms with Gasteiger partial charge in [-0.25, -0.2) is 4.98 Å². The van der Waals surface area contributed by atoms with Gasteiger partial charge in [0.15, 0.2) is 0 Å². The molecule has 0 fully saturated rings. The van der Waals surface area contributed by atoms with Gasteiger partial charge in [-0.3, -0.25) is 0 Å². The molecule has 0 unspecified atom stereocenters. The number of hydrogen-bond acceptors (Lipinski definition) is 1. The Hall–Kier alpha value is -0.760. The van der Waals surface area contributed by atoms with Gasteiger partial charge in [-0.1, -0.05) is 19.9 Å². The number of nitrogens with one attached hydrogen (secondary N) is 1. The first-order chi connectivity index (χ1) is 6.11. The van der Waals surface area contributed by atoms with E-state index in [0.717, 1.165) is 23.6 Å². The summed E-state index contributed by atoms with van der Waals surface area (Å²) in [5.74, 6) is 1.33. The molecule has 1 aromatic heterocycles. The molecule has 1 heterocycles. The van der Waals surface area contributed by atoms with E-state index in [4.69, 9.17) is 11.6 Å². The van der Waals surface area contributed by atoms with E-state index in [-0.39, 0.29) is 5.41 Å². The number of imidazole rings is 1. The van der Waals surface area contributed by atoms with Crippen molar-refractivity contribution in [2.24, 2.45) is 5.41 Å². The molecule has 0 atom stereocenters. The van der Waals surface area contributed by atoms with Crippen LogP contribution in [0.25, 0.3) is 6.08 Å². The molecular weight excluding hydrogens is 184 g/mol. The van der Waals surface area contributed by atoms with Crippen LogP contribution >= 0.6 is 11.6 Å². The molecule has 0 bridgehead atoms. The van der Waals surface area contributed by atoms with Gasteiger partial charge in [0, 0.05) is 6.42 Å². The molecule has 70 valence electrons. The molecule has 2 nitrogen and oxygen atoms in total. The van der Waals surface area contributed by atoms with Crippen molar-refractivity contribution < 1.29 is 0 Å². The zero-order valence-corrected chi connectivity index (χ0v) is 8.65. The molecule has 13 heavy (non-hydrogen) atoms. The summed E-state index contributed by atoms with van der Waals surface area (Å²) >= 11 is 5.70. The lowest BCUT2D eigenvalue weighted by Gasteiger charge is -2.22. The van der Waals surface area contributed by atoms with Crippen LogP contribution in [0.5, 0.6) is 0 Å². The van der Waals surface area contributed by atoms with Crippen LogP contribution < -0.4 is 0 Å². The summed E-state index contributed by atoms with van der Waals surface area (Å²) in [7, 11) is 0. The molecule has 0 amide bonds. The highest BCUT2D eigenvalue weighted by molar-refractivity contribution is 6.16. The zero-order chi connectivity index (χ0) is 9.47. The monoisotopic (exact) mass is 196 g/mol. The Morgan fingerprint density at radius 1 is 1.62 bits per heavy atom. The maximum Gasteiger partial charge on any atom is 0.121 e. The van der Waals surface area contributed by atoms with Crippen LogP contribution in [0.2, 0.25) is 0 Å². The van der Waals surface area contributed by atoms with Crippen molar-refractivity contribution in [3.63, 3.8) is 0 Å². The number of fused-ring (bicyclic) bond motifs is 1. The highest BCUT2D eigenvalue weighted by Crippen LogP contribution is 2.30. The summed E-state index contributed by atoms with van der Waals surface area (Å²) in [6.45, 7) is 4.42. The minimum Gasteiger partial charge on any atom is -0.341 e. The molecule has 0 aromatic carbocycles. The van der Waals surface area contributed by atoms with Gasteiger partial charge in [-0.2, -0.15) is 0 Å². The molecule has 0 spiro atoms. The Kier molecular flexibility index (Phi) is 1.95. The zero-order valence-electron chi connectivity index (χ0n) is 7.89. The van der Waals surface area contributed by atoms with Crippen molar-refractivity contribution in [1.29, 1.82) is 0 Å². The largest absolute Gasteiger partial charge is 0.341 e. The van der Waals surface area contributed by atoms with Crippen LogP contribution in [0.15, 0.2) is 6.08 Å². The summed E-state index contributed by atoms with van der Waals surface area (Å²) in [6.07, 6.45) is 5.31. The van der Waals surface area contributed by atoms with Crippen LogP contribution in [0.3, 0.4) is 0 Å². The molecule has 2 rings (SSSR count). The van der Waals surface area contributed by atoms with Crippen molar-refractivity contribution in [3.05, 3.63) is 23.3 Å². The molecule has 0 saturated carbocycles. The first-order valence-electron chi connectivity index (χ1n) is 4.44. The third-order valence-electron chi connectivity index (χ3n) is 2.31. The summed E-state index contributed by atoms with van der Waals surface area (Å²) in [5.41, 5.74) is 2.49. The first-order valence-corrected chi connectivity index (χ1v) is 4.97. The van der Waals surface area contributed by atoms with E-state index in [9.17, 15) is 0 Å². The summed E-state index contributed by atoms with van der Waals surface area (Å²) in [6, 6.07) is 0. The van der Waals surface area contributed by atoms with Crippen LogP contribution in [-0.2, 0) is 12.3 Å². The van der Waals surface area contributed by atoms with Crippen molar-refractivity contribution >= 4 is 17.7 Å². The number of hydrogen-bond donors (Lipinski definition) is 1. The minimum absolute atomic E-state index is 0.228. The molecule has 0 radical (unpaired) electrons. The van der Waals surface area contributed by atoms with E-state index in [1.54, 1.807) is 0 Å². The molecule has 1 aromatic rings. The number of rotatable bonds is 1. The van der Waals surface area contributed by atoms with E-state index in [0.29, 0.717) is 5.88 Å². The molecule has 0 saturated heterocycles. The van der Waals surface area contributed by atoms with Crippen molar-refractivity contribution in [2.75, 3.05) is 0 Å². The van der Waals surface area contributed by atoms with Gasteiger partial charge in [-0.15, -0.1) is 11.6 Å². The van der Waals surface area contributed by atoms with E-state index in [1.807, 2.05) is 0 Å². The van der Waals surface area contributed by atoms with Crippen molar-refractivity contribution in [1.82, 2.24) is 9.97 Å². The highest BCUT2D eigenvalue weighted by Gasteiger charge is 2.22. The van der Waals surface area contributed by atoms with E-state index in [2.05, 4.69) is 36.0 Å². The van der Waals surface area contributed by atoms with Crippen LogP contribution in [0.4, 0.5) is 0 Å². The van der Waals surface area contributed by atoms with Gasteiger partial charge in [0.25, 0.3) is 0 Å². The van der Waals surface area contributed by atoms with Gasteiger partial charge in [-0.05, 0) is 11.5 Å². The molecule has 1 N–H and O–H groups in total. The SMILES string of the molecule is CC1(C)C=Cc2[nH]c(CCl)nc2C1. The number of halogens is 1. The minimum atomic E-state index is 0.228. The van der Waals surface area contributed by atoms with Crippen LogP contribution in [-0.4, -0.2) is 9.97 Å². The summed E-state index contributed by atoms with van der Waals surface area (Å²) < 4.78 is 0. The van der Waals surface area contributed by atoms with Gasteiger partial charge < -0.3 is 4.98 Å². The lowest BCUT2D eigenvalue weighted by molar-refractivity contribution is 0.469. The Balaban J connectivity index is 2.38. The third kappa shape index (κ3) is 1.63. The second-order valence-electron chi connectivity index (χ2n) is 4.18. The standard InChI is InChI=1S/C10H13ClN2/c1-10(2)4-3-7-8(5-10)13-9(6-11)12-7/h3-4H,5-6H2,1-2H3,(H,12,13). The molecule has 3 heteroatoms. The lowest BCUT2D eigenvalue weighted by atomic mass is 9.83. The number of alkyl halides is 1. The molecule has 0 aliphatic heterocycles. The fraction of sp³-hybridized carbons (Fsp3) is 0.500. The van der Waals surface area contributed by atoms with Crippen molar-refractivity contribution in [2.45, 2.75) is 26.1 Å². The lowest BCUT2D eigenvalue weighted by Crippen LogP contribution is -2.15. The summed E-state index contributed by atoms with van der Waals surface area (Å²) in [4.78, 5) is 7.62. The van der Waals surface area contributed by atoms with Crippen LogP contribution in [0, 0.1) is 5.41 Å². The Morgan fingerprint density at radius 2 is 2.38 bits per heavy atom. The molecule has 1 aliphatic carbocycles. The second kappa shape index (κ2) is 2.88. The Morgan fingerprint density at radius 3 is 3.08 bits per heavy atom. The topological polar surface area (TPSA) is 28.7 Å².